The lowest BCUT2D eigenvalue weighted by molar-refractivity contribution is -0.167. The van der Waals surface area contributed by atoms with E-state index in [9.17, 15) is 27.9 Å². The third-order valence-electron chi connectivity index (χ3n) is 2.41. The summed E-state index contributed by atoms with van der Waals surface area (Å²) in [4.78, 5) is 22.3. The fourth-order valence-corrected chi connectivity index (χ4v) is 1.28. The van der Waals surface area contributed by atoms with Crippen LogP contribution in [0.4, 0.5) is 18.9 Å². The minimum Gasteiger partial charge on any atom is -0.500 e. The second-order valence-electron chi connectivity index (χ2n) is 3.91. The number of ether oxygens (including phenoxy) is 2. The Hall–Kier alpha value is -2.91. The second kappa shape index (κ2) is 7.38. The van der Waals surface area contributed by atoms with Crippen molar-refractivity contribution in [2.75, 3.05) is 14.2 Å². The van der Waals surface area contributed by atoms with Crippen LogP contribution in [0.1, 0.15) is 0 Å². The first-order chi connectivity index (χ1) is 10.7. The molecule has 0 saturated heterocycles. The smallest absolute Gasteiger partial charge is 0.456 e. The van der Waals surface area contributed by atoms with Crippen molar-refractivity contribution in [2.24, 2.45) is 10.2 Å². The SMILES string of the molecule is COC(=O)/C(O)=C(/N=Nc1ccc(OC)cc1)C(=O)C(F)(F)F. The van der Waals surface area contributed by atoms with Crippen LogP contribution in [0, 0.1) is 0 Å². The molecule has 7 nitrogen and oxygen atoms in total. The van der Waals surface area contributed by atoms with Crippen molar-refractivity contribution in [3.63, 3.8) is 0 Å². The zero-order valence-electron chi connectivity index (χ0n) is 11.9. The minimum absolute atomic E-state index is 0.0657. The van der Waals surface area contributed by atoms with Crippen molar-refractivity contribution in [3.05, 3.63) is 35.7 Å². The zero-order valence-corrected chi connectivity index (χ0v) is 11.9. The molecule has 0 heterocycles. The van der Waals surface area contributed by atoms with Gasteiger partial charge in [-0.05, 0) is 24.3 Å². The van der Waals surface area contributed by atoms with Gasteiger partial charge in [0.15, 0.2) is 5.70 Å². The van der Waals surface area contributed by atoms with Gasteiger partial charge in [0.1, 0.15) is 5.75 Å². The number of esters is 1. The van der Waals surface area contributed by atoms with Crippen molar-refractivity contribution < 1.29 is 37.3 Å². The van der Waals surface area contributed by atoms with Crippen LogP contribution in [0.5, 0.6) is 5.75 Å². The van der Waals surface area contributed by atoms with Crippen molar-refractivity contribution in [2.45, 2.75) is 6.18 Å². The van der Waals surface area contributed by atoms with Gasteiger partial charge in [0.25, 0.3) is 5.78 Å². The molecule has 1 rings (SSSR count). The Morgan fingerprint density at radius 3 is 2.13 bits per heavy atom. The number of carbonyl (C=O) groups is 2. The van der Waals surface area contributed by atoms with E-state index in [-0.39, 0.29) is 5.69 Å². The third-order valence-corrected chi connectivity index (χ3v) is 2.41. The zero-order chi connectivity index (χ0) is 17.6. The molecule has 0 aliphatic heterocycles. The maximum atomic E-state index is 12.5. The number of aliphatic hydroxyl groups excluding tert-OH is 1. The number of methoxy groups -OCH3 is 2. The predicted molar refractivity (Wildman–Crippen MR) is 70.2 cm³/mol. The Kier molecular flexibility index (Phi) is 5.82. The average molecular weight is 332 g/mol. The molecule has 0 amide bonds. The summed E-state index contributed by atoms with van der Waals surface area (Å²) in [6.07, 6.45) is -5.35. The average Bonchev–Trinajstić information content (AvgIpc) is 2.53. The molecule has 0 spiro atoms. The summed E-state index contributed by atoms with van der Waals surface area (Å²) in [5.74, 6) is -5.21. The summed E-state index contributed by atoms with van der Waals surface area (Å²) in [7, 11) is 2.22. The summed E-state index contributed by atoms with van der Waals surface area (Å²) >= 11 is 0. The largest absolute Gasteiger partial charge is 0.500 e. The van der Waals surface area contributed by atoms with Crippen molar-refractivity contribution in [1.82, 2.24) is 0 Å². The molecule has 0 aliphatic rings. The van der Waals surface area contributed by atoms with E-state index in [4.69, 9.17) is 4.74 Å². The predicted octanol–water partition coefficient (Wildman–Crippen LogP) is 2.85. The van der Waals surface area contributed by atoms with E-state index in [0.29, 0.717) is 5.75 Å². The normalized spacial score (nSPS) is 12.7. The fourth-order valence-electron chi connectivity index (χ4n) is 1.28. The number of alkyl halides is 3. The molecular formula is C13H11F3N2O5. The number of Topliss-reactive ketones (excluding diaryl/α,β-unsaturated/α-hetero) is 1. The van der Waals surface area contributed by atoms with Gasteiger partial charge in [0, 0.05) is 0 Å². The number of carbonyl (C=O) groups excluding carboxylic acids is 2. The van der Waals surface area contributed by atoms with Gasteiger partial charge in [0.2, 0.25) is 5.76 Å². The van der Waals surface area contributed by atoms with E-state index in [0.717, 1.165) is 7.11 Å². The molecule has 1 aromatic rings. The Bertz CT molecular complexity index is 651. The standard InChI is InChI=1S/C13H11F3N2O5/c1-22-8-5-3-7(4-6-8)17-18-9(10(19)12(21)23-2)11(20)13(14,15)16/h3-6,19H,1-2H3/b10-9-,18-17?. The summed E-state index contributed by atoms with van der Waals surface area (Å²) in [5, 5.41) is 15.8. The summed E-state index contributed by atoms with van der Waals surface area (Å²) in [6.45, 7) is 0. The van der Waals surface area contributed by atoms with Crippen LogP contribution >= 0.6 is 0 Å². The number of benzene rings is 1. The van der Waals surface area contributed by atoms with E-state index in [1.54, 1.807) is 0 Å². The molecule has 0 saturated carbocycles. The van der Waals surface area contributed by atoms with Crippen LogP contribution < -0.4 is 4.74 Å². The highest BCUT2D eigenvalue weighted by Crippen LogP contribution is 2.25. The topological polar surface area (TPSA) is 97.6 Å². The molecule has 0 aromatic heterocycles. The van der Waals surface area contributed by atoms with Crippen molar-refractivity contribution in [3.8, 4) is 5.75 Å². The highest BCUT2D eigenvalue weighted by Gasteiger charge is 2.43. The lowest BCUT2D eigenvalue weighted by atomic mass is 10.2. The van der Waals surface area contributed by atoms with E-state index in [1.165, 1.54) is 31.4 Å². The summed E-state index contributed by atoms with van der Waals surface area (Å²) < 4.78 is 46.4. The van der Waals surface area contributed by atoms with Gasteiger partial charge in [-0.15, -0.1) is 5.11 Å². The number of nitrogens with zero attached hydrogens (tertiary/aromatic N) is 2. The van der Waals surface area contributed by atoms with Gasteiger partial charge in [-0.1, -0.05) is 0 Å². The van der Waals surface area contributed by atoms with Crippen molar-refractivity contribution >= 4 is 17.4 Å². The highest BCUT2D eigenvalue weighted by atomic mass is 19.4. The number of rotatable bonds is 5. The highest BCUT2D eigenvalue weighted by molar-refractivity contribution is 6.04. The Morgan fingerprint density at radius 1 is 1.13 bits per heavy atom. The molecule has 0 bridgehead atoms. The lowest BCUT2D eigenvalue weighted by Gasteiger charge is -2.06. The number of hydrogen-bond donors (Lipinski definition) is 1. The summed E-state index contributed by atoms with van der Waals surface area (Å²) in [6, 6.07) is 5.58. The van der Waals surface area contributed by atoms with Gasteiger partial charge >= 0.3 is 12.1 Å². The van der Waals surface area contributed by atoms with Crippen LogP contribution in [0.3, 0.4) is 0 Å². The molecule has 0 radical (unpaired) electrons. The molecule has 10 heteroatoms. The van der Waals surface area contributed by atoms with E-state index >= 15 is 0 Å². The third kappa shape index (κ3) is 4.80. The molecule has 1 N–H and O–H groups in total. The number of allylic oxidation sites excluding steroid dienone is 1. The number of halogens is 3. The van der Waals surface area contributed by atoms with Gasteiger partial charge < -0.3 is 14.6 Å². The first-order valence-electron chi connectivity index (χ1n) is 5.89. The number of aliphatic hydroxyl groups is 1. The van der Waals surface area contributed by atoms with Crippen LogP contribution in [-0.2, 0) is 14.3 Å². The molecule has 23 heavy (non-hydrogen) atoms. The fraction of sp³-hybridized carbons (Fsp3) is 0.231. The quantitative estimate of drug-likeness (QED) is 0.387. The van der Waals surface area contributed by atoms with Crippen LogP contribution in [0.15, 0.2) is 46.0 Å². The number of azo groups is 1. The van der Waals surface area contributed by atoms with E-state index in [2.05, 4.69) is 15.0 Å². The van der Waals surface area contributed by atoms with E-state index < -0.39 is 29.4 Å². The summed E-state index contributed by atoms with van der Waals surface area (Å²) in [5.41, 5.74) is -1.50. The molecule has 0 fully saturated rings. The Labute approximate surface area is 128 Å². The first kappa shape index (κ1) is 18.1. The monoisotopic (exact) mass is 332 g/mol. The van der Waals surface area contributed by atoms with Crippen LogP contribution in [-0.4, -0.2) is 37.3 Å². The maximum Gasteiger partial charge on any atom is 0.456 e. The maximum absolute atomic E-state index is 12.5. The number of ketones is 1. The van der Waals surface area contributed by atoms with Gasteiger partial charge in [-0.25, -0.2) is 4.79 Å². The Morgan fingerprint density at radius 2 is 1.70 bits per heavy atom. The molecule has 1 aromatic carbocycles. The number of hydrogen-bond acceptors (Lipinski definition) is 7. The van der Waals surface area contributed by atoms with E-state index in [1.807, 2.05) is 0 Å². The van der Waals surface area contributed by atoms with Gasteiger partial charge in [-0.2, -0.15) is 18.3 Å². The molecule has 0 unspecified atom stereocenters. The van der Waals surface area contributed by atoms with Crippen LogP contribution in [0.2, 0.25) is 0 Å². The molecule has 0 atom stereocenters. The molecule has 0 aliphatic carbocycles. The molecular weight excluding hydrogens is 321 g/mol. The lowest BCUT2D eigenvalue weighted by Crippen LogP contribution is -2.26. The van der Waals surface area contributed by atoms with Crippen LogP contribution in [0.25, 0.3) is 0 Å². The minimum atomic E-state index is -5.35. The van der Waals surface area contributed by atoms with Crippen molar-refractivity contribution in [1.29, 1.82) is 0 Å². The first-order valence-corrected chi connectivity index (χ1v) is 5.89. The van der Waals surface area contributed by atoms with Gasteiger partial charge in [-0.3, -0.25) is 4.79 Å². The second-order valence-corrected chi connectivity index (χ2v) is 3.91. The Balaban J connectivity index is 3.22. The van der Waals surface area contributed by atoms with Gasteiger partial charge in [0.05, 0.1) is 19.9 Å². The molecule has 124 valence electrons.